The first-order valence-electron chi connectivity index (χ1n) is 7.88. The third kappa shape index (κ3) is 3.05. The molecule has 0 heterocycles. The van der Waals surface area contributed by atoms with Gasteiger partial charge in [0.05, 0.1) is 0 Å². The molecule has 0 fully saturated rings. The summed E-state index contributed by atoms with van der Waals surface area (Å²) in [5.41, 5.74) is 4.62. The highest BCUT2D eigenvalue weighted by atomic mass is 16.5. The zero-order valence-electron chi connectivity index (χ0n) is 13.5. The van der Waals surface area contributed by atoms with Crippen LogP contribution in [0, 0.1) is 18.4 Å². The van der Waals surface area contributed by atoms with Crippen molar-refractivity contribution in [1.82, 2.24) is 0 Å². The van der Waals surface area contributed by atoms with Gasteiger partial charge in [0, 0.05) is 17.5 Å². The van der Waals surface area contributed by atoms with Crippen molar-refractivity contribution in [1.29, 1.82) is 5.26 Å². The van der Waals surface area contributed by atoms with Crippen LogP contribution in [0.1, 0.15) is 29.2 Å². The van der Waals surface area contributed by atoms with Gasteiger partial charge in [-0.3, -0.25) is 0 Å². The van der Waals surface area contributed by atoms with Gasteiger partial charge in [-0.15, -0.1) is 5.26 Å². The van der Waals surface area contributed by atoms with Gasteiger partial charge in [-0.05, 0) is 41.3 Å². The lowest BCUT2D eigenvalue weighted by atomic mass is 9.95. The Labute approximate surface area is 137 Å². The molecule has 0 radical (unpaired) electrons. The number of nitrogens with zero attached hydrogens (tertiary/aromatic N) is 1. The molecule has 0 aliphatic heterocycles. The van der Waals surface area contributed by atoms with E-state index in [2.05, 4.69) is 49.4 Å². The predicted molar refractivity (Wildman–Crippen MR) is 93.6 cm³/mol. The monoisotopic (exact) mass is 301 g/mol. The Kier molecular flexibility index (Phi) is 4.30. The van der Waals surface area contributed by atoms with E-state index in [1.807, 2.05) is 25.3 Å². The highest BCUT2D eigenvalue weighted by Crippen LogP contribution is 2.33. The largest absolute Gasteiger partial charge is 0.387 e. The van der Waals surface area contributed by atoms with Gasteiger partial charge in [-0.1, -0.05) is 55.5 Å². The zero-order chi connectivity index (χ0) is 16.2. The summed E-state index contributed by atoms with van der Waals surface area (Å²) in [6, 6.07) is 19.0. The molecule has 3 aromatic rings. The number of nitriles is 1. The minimum absolute atomic E-state index is 0.686. The van der Waals surface area contributed by atoms with E-state index in [1.165, 1.54) is 16.5 Å². The number of rotatable bonds is 4. The standard InChI is InChI=1S/C21H19NO/c1-3-16-8-10-17(11-9-16)12-19-13-18-6-4-5-7-20(18)15(2)21(19)23-14-22/h4-11,13H,3,12H2,1-2H3. The average molecular weight is 301 g/mol. The number of aryl methyl sites for hydroxylation is 2. The molecule has 0 aliphatic rings. The molecule has 0 spiro atoms. The summed E-state index contributed by atoms with van der Waals surface area (Å²) in [5.74, 6) is 0.686. The summed E-state index contributed by atoms with van der Waals surface area (Å²) in [4.78, 5) is 0. The van der Waals surface area contributed by atoms with E-state index < -0.39 is 0 Å². The molecule has 0 N–H and O–H groups in total. The molecular formula is C21H19NO. The van der Waals surface area contributed by atoms with Crippen LogP contribution in [0.4, 0.5) is 0 Å². The van der Waals surface area contributed by atoms with Crippen LogP contribution in [0.25, 0.3) is 10.8 Å². The average Bonchev–Trinajstić information content (AvgIpc) is 2.59. The van der Waals surface area contributed by atoms with Crippen molar-refractivity contribution in [3.05, 3.63) is 76.9 Å². The Bertz CT molecular complexity index is 873. The Morgan fingerprint density at radius 2 is 1.70 bits per heavy atom. The maximum absolute atomic E-state index is 9.00. The summed E-state index contributed by atoms with van der Waals surface area (Å²) < 4.78 is 5.30. The summed E-state index contributed by atoms with van der Waals surface area (Å²) in [7, 11) is 0. The van der Waals surface area contributed by atoms with Crippen LogP contribution in [0.3, 0.4) is 0 Å². The van der Waals surface area contributed by atoms with Crippen LogP contribution in [0.15, 0.2) is 54.6 Å². The molecule has 0 atom stereocenters. The normalized spacial score (nSPS) is 10.5. The molecule has 0 aliphatic carbocycles. The van der Waals surface area contributed by atoms with E-state index in [1.54, 1.807) is 0 Å². The molecule has 0 bridgehead atoms. The van der Waals surface area contributed by atoms with Gasteiger partial charge < -0.3 is 4.74 Å². The molecule has 3 aromatic carbocycles. The number of hydrogen-bond acceptors (Lipinski definition) is 2. The Morgan fingerprint density at radius 1 is 1.00 bits per heavy atom. The molecule has 114 valence electrons. The number of ether oxygens (including phenoxy) is 1. The van der Waals surface area contributed by atoms with Crippen LogP contribution in [-0.4, -0.2) is 0 Å². The first-order valence-corrected chi connectivity index (χ1v) is 7.88. The summed E-state index contributed by atoms with van der Waals surface area (Å²) in [6.07, 6.45) is 3.63. The fraction of sp³-hybridized carbons (Fsp3) is 0.190. The number of fused-ring (bicyclic) bond motifs is 1. The van der Waals surface area contributed by atoms with E-state index >= 15 is 0 Å². The third-order valence-corrected chi connectivity index (χ3v) is 4.30. The molecule has 0 unspecified atom stereocenters. The molecule has 0 amide bonds. The molecule has 23 heavy (non-hydrogen) atoms. The van der Waals surface area contributed by atoms with Crippen molar-refractivity contribution >= 4 is 10.8 Å². The Balaban J connectivity index is 2.07. The smallest absolute Gasteiger partial charge is 0.292 e. The van der Waals surface area contributed by atoms with Crippen molar-refractivity contribution < 1.29 is 4.74 Å². The van der Waals surface area contributed by atoms with Gasteiger partial charge in [0.1, 0.15) is 5.75 Å². The van der Waals surface area contributed by atoms with Gasteiger partial charge in [0.2, 0.25) is 0 Å². The van der Waals surface area contributed by atoms with Crippen LogP contribution < -0.4 is 4.74 Å². The van der Waals surface area contributed by atoms with Gasteiger partial charge in [0.25, 0.3) is 6.26 Å². The lowest BCUT2D eigenvalue weighted by molar-refractivity contribution is 0.498. The topological polar surface area (TPSA) is 33.0 Å². The fourth-order valence-corrected chi connectivity index (χ4v) is 3.01. The van der Waals surface area contributed by atoms with E-state index in [0.717, 1.165) is 29.4 Å². The third-order valence-electron chi connectivity index (χ3n) is 4.30. The number of benzene rings is 3. The van der Waals surface area contributed by atoms with E-state index in [4.69, 9.17) is 10.00 Å². The molecular weight excluding hydrogens is 282 g/mol. The lowest BCUT2D eigenvalue weighted by Crippen LogP contribution is -1.97. The first kappa shape index (κ1) is 15.1. The lowest BCUT2D eigenvalue weighted by Gasteiger charge is -2.13. The number of hydrogen-bond donors (Lipinski definition) is 0. The van der Waals surface area contributed by atoms with Crippen molar-refractivity contribution in [2.45, 2.75) is 26.7 Å². The van der Waals surface area contributed by atoms with Crippen molar-refractivity contribution in [2.24, 2.45) is 0 Å². The second kappa shape index (κ2) is 6.54. The van der Waals surface area contributed by atoms with Gasteiger partial charge >= 0.3 is 0 Å². The summed E-state index contributed by atoms with van der Waals surface area (Å²) >= 11 is 0. The predicted octanol–water partition coefficient (Wildman–Crippen LogP) is 5.16. The van der Waals surface area contributed by atoms with Crippen molar-refractivity contribution in [2.75, 3.05) is 0 Å². The Hall–Kier alpha value is -2.79. The molecule has 0 saturated carbocycles. The van der Waals surface area contributed by atoms with Crippen LogP contribution in [-0.2, 0) is 12.8 Å². The van der Waals surface area contributed by atoms with Gasteiger partial charge in [0.15, 0.2) is 0 Å². The van der Waals surface area contributed by atoms with E-state index in [-0.39, 0.29) is 0 Å². The second-order valence-electron chi connectivity index (χ2n) is 5.75. The summed E-state index contributed by atoms with van der Waals surface area (Å²) in [5, 5.41) is 11.3. The highest BCUT2D eigenvalue weighted by molar-refractivity contribution is 5.88. The van der Waals surface area contributed by atoms with Crippen molar-refractivity contribution in [3.63, 3.8) is 0 Å². The maximum Gasteiger partial charge on any atom is 0.292 e. The highest BCUT2D eigenvalue weighted by Gasteiger charge is 2.12. The van der Waals surface area contributed by atoms with E-state index in [0.29, 0.717) is 5.75 Å². The zero-order valence-corrected chi connectivity index (χ0v) is 13.5. The van der Waals surface area contributed by atoms with Crippen molar-refractivity contribution in [3.8, 4) is 12.0 Å². The van der Waals surface area contributed by atoms with E-state index in [9.17, 15) is 0 Å². The van der Waals surface area contributed by atoms with Gasteiger partial charge in [-0.25, -0.2) is 0 Å². The van der Waals surface area contributed by atoms with Gasteiger partial charge in [-0.2, -0.15) is 0 Å². The second-order valence-corrected chi connectivity index (χ2v) is 5.75. The molecule has 3 rings (SSSR count). The minimum Gasteiger partial charge on any atom is -0.387 e. The first-order chi connectivity index (χ1) is 11.2. The minimum atomic E-state index is 0.686. The molecule has 0 saturated heterocycles. The fourth-order valence-electron chi connectivity index (χ4n) is 3.01. The van der Waals surface area contributed by atoms with Crippen LogP contribution >= 0.6 is 0 Å². The van der Waals surface area contributed by atoms with Crippen LogP contribution in [0.2, 0.25) is 0 Å². The summed E-state index contributed by atoms with van der Waals surface area (Å²) in [6.45, 7) is 4.17. The molecule has 0 aromatic heterocycles. The molecule has 2 nitrogen and oxygen atoms in total. The SMILES string of the molecule is CCc1ccc(Cc2cc3ccccc3c(C)c2OC#N)cc1. The Morgan fingerprint density at radius 3 is 2.39 bits per heavy atom. The quantitative estimate of drug-likeness (QED) is 0.623. The molecule has 2 heteroatoms. The maximum atomic E-state index is 9.00. The van der Waals surface area contributed by atoms with Crippen LogP contribution in [0.5, 0.6) is 5.75 Å².